The van der Waals surface area contributed by atoms with Crippen molar-refractivity contribution >= 4 is 5.69 Å². The van der Waals surface area contributed by atoms with Crippen LogP contribution in [-0.2, 0) is 0 Å². The van der Waals surface area contributed by atoms with Crippen LogP contribution in [0.15, 0.2) is 48.8 Å². The van der Waals surface area contributed by atoms with Crippen LogP contribution in [0.2, 0.25) is 0 Å². The zero-order valence-corrected chi connectivity index (χ0v) is 15.1. The summed E-state index contributed by atoms with van der Waals surface area (Å²) in [7, 11) is 0. The first-order chi connectivity index (χ1) is 12.1. The van der Waals surface area contributed by atoms with Gasteiger partial charge in [0.25, 0.3) is 0 Å². The minimum absolute atomic E-state index is 0.0774. The fourth-order valence-electron chi connectivity index (χ4n) is 3.39. The first-order valence-corrected chi connectivity index (χ1v) is 9.25. The summed E-state index contributed by atoms with van der Waals surface area (Å²) in [4.78, 5) is 4.23. The summed E-state index contributed by atoms with van der Waals surface area (Å²) in [5.41, 5.74) is 2.24. The number of pyridine rings is 1. The quantitative estimate of drug-likeness (QED) is 0.808. The van der Waals surface area contributed by atoms with E-state index in [1.165, 1.54) is 5.56 Å². The molecule has 1 saturated carbocycles. The van der Waals surface area contributed by atoms with E-state index in [0.29, 0.717) is 5.92 Å². The maximum absolute atomic E-state index is 10.0. The molecule has 0 saturated heterocycles. The van der Waals surface area contributed by atoms with Crippen molar-refractivity contribution in [1.82, 2.24) is 4.98 Å². The number of hydrogen-bond acceptors (Lipinski definition) is 4. The monoisotopic (exact) mass is 340 g/mol. The van der Waals surface area contributed by atoms with Crippen LogP contribution in [-0.4, -0.2) is 22.3 Å². The number of nitrogens with one attached hydrogen (secondary N) is 1. The molecule has 3 atom stereocenters. The second kappa shape index (κ2) is 8.34. The molecule has 25 heavy (non-hydrogen) atoms. The zero-order valence-electron chi connectivity index (χ0n) is 15.1. The average molecular weight is 340 g/mol. The standard InChI is InChI=1S/C21H28N2O2/c1-15(2)21(16-6-5-13-22-14-16)23-17-9-11-18(12-10-17)25-20-8-4-3-7-19(20)24/h5-6,9-15,19-21,23-24H,3-4,7-8H2,1-2H3. The highest BCUT2D eigenvalue weighted by atomic mass is 16.5. The number of aliphatic hydroxyl groups is 1. The van der Waals surface area contributed by atoms with E-state index in [1.54, 1.807) is 6.20 Å². The molecular formula is C21H28N2O2. The van der Waals surface area contributed by atoms with E-state index in [9.17, 15) is 5.11 Å². The molecular weight excluding hydrogens is 312 g/mol. The zero-order chi connectivity index (χ0) is 17.6. The maximum atomic E-state index is 10.0. The van der Waals surface area contributed by atoms with Crippen molar-refractivity contribution in [1.29, 1.82) is 0 Å². The second-order valence-electron chi connectivity index (χ2n) is 7.18. The van der Waals surface area contributed by atoms with Gasteiger partial charge in [0.1, 0.15) is 11.9 Å². The summed E-state index contributed by atoms with van der Waals surface area (Å²) in [6.07, 6.45) is 7.28. The van der Waals surface area contributed by atoms with Crippen LogP contribution in [0.5, 0.6) is 5.75 Å². The summed E-state index contributed by atoms with van der Waals surface area (Å²) in [6, 6.07) is 12.3. The van der Waals surface area contributed by atoms with Gasteiger partial charge in [0.15, 0.2) is 0 Å². The first-order valence-electron chi connectivity index (χ1n) is 9.25. The van der Waals surface area contributed by atoms with Crippen LogP contribution in [0.3, 0.4) is 0 Å². The fraction of sp³-hybridized carbons (Fsp3) is 0.476. The van der Waals surface area contributed by atoms with Crippen molar-refractivity contribution in [2.24, 2.45) is 5.92 Å². The number of hydrogen-bond donors (Lipinski definition) is 2. The van der Waals surface area contributed by atoms with E-state index in [0.717, 1.165) is 37.1 Å². The molecule has 1 aromatic heterocycles. The summed E-state index contributed by atoms with van der Waals surface area (Å²) < 4.78 is 5.97. The Morgan fingerprint density at radius 1 is 1.12 bits per heavy atom. The van der Waals surface area contributed by atoms with E-state index in [4.69, 9.17) is 4.74 Å². The lowest BCUT2D eigenvalue weighted by molar-refractivity contribution is 0.00688. The lowest BCUT2D eigenvalue weighted by atomic mass is 9.95. The van der Waals surface area contributed by atoms with Crippen molar-refractivity contribution in [3.63, 3.8) is 0 Å². The van der Waals surface area contributed by atoms with Gasteiger partial charge in [-0.05, 0) is 61.1 Å². The Hall–Kier alpha value is -2.07. The van der Waals surface area contributed by atoms with Crippen LogP contribution in [0, 0.1) is 5.92 Å². The molecule has 0 radical (unpaired) electrons. The van der Waals surface area contributed by atoms with Gasteiger partial charge in [-0.15, -0.1) is 0 Å². The molecule has 0 bridgehead atoms. The second-order valence-corrected chi connectivity index (χ2v) is 7.18. The molecule has 0 spiro atoms. The van der Waals surface area contributed by atoms with E-state index < -0.39 is 0 Å². The normalized spacial score (nSPS) is 21.8. The minimum atomic E-state index is -0.345. The molecule has 2 aromatic rings. The Morgan fingerprint density at radius 3 is 2.52 bits per heavy atom. The summed E-state index contributed by atoms with van der Waals surface area (Å²) >= 11 is 0. The third-order valence-corrected chi connectivity index (χ3v) is 4.84. The molecule has 4 nitrogen and oxygen atoms in total. The van der Waals surface area contributed by atoms with Crippen molar-refractivity contribution in [2.75, 3.05) is 5.32 Å². The van der Waals surface area contributed by atoms with Crippen molar-refractivity contribution in [3.05, 3.63) is 54.4 Å². The Bertz CT molecular complexity index is 643. The van der Waals surface area contributed by atoms with Crippen LogP contribution in [0.4, 0.5) is 5.69 Å². The van der Waals surface area contributed by atoms with Gasteiger partial charge in [0.2, 0.25) is 0 Å². The fourth-order valence-corrected chi connectivity index (χ4v) is 3.39. The number of benzene rings is 1. The van der Waals surface area contributed by atoms with E-state index in [2.05, 4.69) is 30.2 Å². The lowest BCUT2D eigenvalue weighted by Crippen LogP contribution is -2.34. The summed E-state index contributed by atoms with van der Waals surface area (Å²) in [5, 5.41) is 13.6. The summed E-state index contributed by atoms with van der Waals surface area (Å²) in [6.45, 7) is 4.40. The topological polar surface area (TPSA) is 54.4 Å². The van der Waals surface area contributed by atoms with Gasteiger partial charge in [0, 0.05) is 18.1 Å². The van der Waals surface area contributed by atoms with Crippen LogP contribution in [0.25, 0.3) is 0 Å². The predicted octanol–water partition coefficient (Wildman–Crippen LogP) is 4.57. The minimum Gasteiger partial charge on any atom is -0.488 e. The van der Waals surface area contributed by atoms with Crippen molar-refractivity contribution in [2.45, 2.75) is 57.8 Å². The molecule has 0 aliphatic heterocycles. The Labute approximate surface area is 150 Å². The third-order valence-electron chi connectivity index (χ3n) is 4.84. The van der Waals surface area contributed by atoms with Gasteiger partial charge in [0.05, 0.1) is 12.1 Å². The first kappa shape index (κ1) is 17.7. The van der Waals surface area contributed by atoms with Gasteiger partial charge < -0.3 is 15.2 Å². The van der Waals surface area contributed by atoms with E-state index in [1.807, 2.05) is 36.5 Å². The largest absolute Gasteiger partial charge is 0.488 e. The van der Waals surface area contributed by atoms with Gasteiger partial charge in [-0.3, -0.25) is 4.98 Å². The van der Waals surface area contributed by atoms with Crippen molar-refractivity contribution in [3.8, 4) is 5.75 Å². The molecule has 1 aliphatic carbocycles. The lowest BCUT2D eigenvalue weighted by Gasteiger charge is -2.28. The highest BCUT2D eigenvalue weighted by Gasteiger charge is 2.24. The predicted molar refractivity (Wildman–Crippen MR) is 101 cm³/mol. The van der Waals surface area contributed by atoms with Crippen LogP contribution in [0.1, 0.15) is 51.1 Å². The molecule has 1 fully saturated rings. The summed E-state index contributed by atoms with van der Waals surface area (Å²) in [5.74, 6) is 1.26. The molecule has 1 aliphatic rings. The molecule has 2 N–H and O–H groups in total. The highest BCUT2D eigenvalue weighted by molar-refractivity contribution is 5.48. The van der Waals surface area contributed by atoms with Crippen LogP contribution < -0.4 is 10.1 Å². The third kappa shape index (κ3) is 4.73. The van der Waals surface area contributed by atoms with E-state index in [-0.39, 0.29) is 18.2 Å². The molecule has 1 heterocycles. The van der Waals surface area contributed by atoms with Gasteiger partial charge in [-0.1, -0.05) is 26.3 Å². The van der Waals surface area contributed by atoms with Gasteiger partial charge in [-0.25, -0.2) is 0 Å². The van der Waals surface area contributed by atoms with Gasteiger partial charge in [-0.2, -0.15) is 0 Å². The molecule has 3 rings (SSSR count). The molecule has 1 aromatic carbocycles. The molecule has 134 valence electrons. The maximum Gasteiger partial charge on any atom is 0.124 e. The number of ether oxygens (including phenoxy) is 1. The Morgan fingerprint density at radius 2 is 1.88 bits per heavy atom. The van der Waals surface area contributed by atoms with Crippen LogP contribution >= 0.6 is 0 Å². The molecule has 4 heteroatoms. The van der Waals surface area contributed by atoms with E-state index >= 15 is 0 Å². The average Bonchev–Trinajstić information content (AvgIpc) is 2.63. The van der Waals surface area contributed by atoms with Gasteiger partial charge >= 0.3 is 0 Å². The number of anilines is 1. The Balaban J connectivity index is 1.65. The smallest absolute Gasteiger partial charge is 0.124 e. The van der Waals surface area contributed by atoms with Crippen molar-refractivity contribution < 1.29 is 9.84 Å². The molecule has 0 amide bonds. The number of aromatic nitrogens is 1. The molecule has 3 unspecified atom stereocenters. The number of aliphatic hydroxyl groups excluding tert-OH is 1. The highest BCUT2D eigenvalue weighted by Crippen LogP contribution is 2.28. The number of rotatable bonds is 6. The Kier molecular flexibility index (Phi) is 5.92. The number of nitrogens with zero attached hydrogens (tertiary/aromatic N) is 1. The SMILES string of the molecule is CC(C)C(Nc1ccc(OC2CCCCC2O)cc1)c1cccnc1.